The molecule has 3 aromatic carbocycles. The number of aryl methyl sites for hydroxylation is 1. The summed E-state index contributed by atoms with van der Waals surface area (Å²) in [4.78, 5) is 17.4. The van der Waals surface area contributed by atoms with Crippen LogP contribution in [0.1, 0.15) is 19.4 Å². The highest BCUT2D eigenvalue weighted by Gasteiger charge is 2.11. The predicted molar refractivity (Wildman–Crippen MR) is 127 cm³/mol. The Labute approximate surface area is 180 Å². The van der Waals surface area contributed by atoms with Crippen LogP contribution in [0.5, 0.6) is 0 Å². The Morgan fingerprint density at radius 2 is 1.68 bits per heavy atom. The molecular weight excluding hydrogens is 384 g/mol. The summed E-state index contributed by atoms with van der Waals surface area (Å²) in [6.07, 6.45) is 0. The third kappa shape index (κ3) is 3.46. The van der Waals surface area contributed by atoms with Gasteiger partial charge in [0.15, 0.2) is 0 Å². The largest absolute Gasteiger partial charge is 0.383 e. The maximum Gasteiger partial charge on any atom is 0.140 e. The first-order valence-electron chi connectivity index (χ1n) is 10.4. The number of nitrogens with zero attached hydrogens (tertiary/aromatic N) is 4. The Balaban J connectivity index is 1.48. The molecule has 0 bridgehead atoms. The van der Waals surface area contributed by atoms with Crippen LogP contribution in [0.15, 0.2) is 71.7 Å². The molecule has 0 saturated heterocycles. The Hall–Kier alpha value is -3.93. The molecule has 154 valence electrons. The van der Waals surface area contributed by atoms with E-state index >= 15 is 0 Å². The van der Waals surface area contributed by atoms with Crippen molar-refractivity contribution in [1.82, 2.24) is 19.5 Å². The Kier molecular flexibility index (Phi) is 4.55. The first-order chi connectivity index (χ1) is 15.0. The second-order valence-corrected chi connectivity index (χ2v) is 7.99. The molecule has 0 aliphatic carbocycles. The van der Waals surface area contributed by atoms with Gasteiger partial charge in [0.25, 0.3) is 0 Å². The number of aromatic amines is 1. The number of nitrogens with two attached hydrogens (primary N) is 1. The van der Waals surface area contributed by atoms with E-state index < -0.39 is 0 Å². The third-order valence-corrected chi connectivity index (χ3v) is 5.38. The molecule has 6 heteroatoms. The van der Waals surface area contributed by atoms with E-state index in [1.54, 1.807) is 0 Å². The maximum absolute atomic E-state index is 6.12. The van der Waals surface area contributed by atoms with Crippen molar-refractivity contribution < 1.29 is 0 Å². The van der Waals surface area contributed by atoms with Crippen molar-refractivity contribution in [2.75, 3.05) is 0 Å². The van der Waals surface area contributed by atoms with E-state index in [-0.39, 0.29) is 6.04 Å². The number of aliphatic imine (C=N–C) groups is 1. The van der Waals surface area contributed by atoms with E-state index in [4.69, 9.17) is 15.7 Å². The Morgan fingerprint density at radius 3 is 2.42 bits per heavy atom. The summed E-state index contributed by atoms with van der Waals surface area (Å²) >= 11 is 0. The van der Waals surface area contributed by atoms with Crippen LogP contribution in [0.2, 0.25) is 0 Å². The van der Waals surface area contributed by atoms with Gasteiger partial charge in [-0.05, 0) is 44.2 Å². The first kappa shape index (κ1) is 19.1. The van der Waals surface area contributed by atoms with Crippen molar-refractivity contribution in [1.29, 1.82) is 0 Å². The molecule has 0 aliphatic rings. The lowest BCUT2D eigenvalue weighted by Gasteiger charge is -2.04. The van der Waals surface area contributed by atoms with Crippen molar-refractivity contribution in [3.63, 3.8) is 0 Å². The zero-order chi connectivity index (χ0) is 21.5. The van der Waals surface area contributed by atoms with E-state index in [0.717, 1.165) is 50.4 Å². The molecule has 5 rings (SSSR count). The molecule has 0 atom stereocenters. The summed E-state index contributed by atoms with van der Waals surface area (Å²) in [6, 6.07) is 22.6. The number of para-hydroxylation sites is 2. The summed E-state index contributed by atoms with van der Waals surface area (Å²) in [5.74, 6) is 2.31. The smallest absolute Gasteiger partial charge is 0.140 e. The minimum atomic E-state index is 0.155. The van der Waals surface area contributed by atoms with Crippen LogP contribution in [0.4, 0.5) is 0 Å². The van der Waals surface area contributed by atoms with Crippen LogP contribution in [0, 0.1) is 0 Å². The molecule has 0 radical (unpaired) electrons. The predicted octanol–water partition coefficient (Wildman–Crippen LogP) is 4.90. The Bertz CT molecular complexity index is 1420. The van der Waals surface area contributed by atoms with Crippen molar-refractivity contribution in [3.05, 3.63) is 72.3 Å². The van der Waals surface area contributed by atoms with E-state index in [1.807, 2.05) is 57.3 Å². The number of hydrogen-bond acceptors (Lipinski definition) is 3. The summed E-state index contributed by atoms with van der Waals surface area (Å²) in [7, 11) is 2.05. The number of imidazole rings is 2. The van der Waals surface area contributed by atoms with Gasteiger partial charge in [-0.1, -0.05) is 36.4 Å². The highest BCUT2D eigenvalue weighted by atomic mass is 15.1. The molecule has 0 aliphatic heterocycles. The highest BCUT2D eigenvalue weighted by Crippen LogP contribution is 2.27. The number of amidine groups is 1. The van der Waals surface area contributed by atoms with Crippen LogP contribution in [0.25, 0.3) is 44.8 Å². The molecule has 0 saturated carbocycles. The van der Waals surface area contributed by atoms with Gasteiger partial charge in [0.2, 0.25) is 0 Å². The number of benzene rings is 3. The quantitative estimate of drug-likeness (QED) is 0.328. The molecule has 2 aromatic heterocycles. The van der Waals surface area contributed by atoms with Gasteiger partial charge in [0.05, 0.1) is 22.1 Å². The van der Waals surface area contributed by atoms with Gasteiger partial charge >= 0.3 is 0 Å². The van der Waals surface area contributed by atoms with E-state index in [0.29, 0.717) is 5.84 Å². The average molecular weight is 409 g/mol. The highest BCUT2D eigenvalue weighted by molar-refractivity contribution is 6.00. The van der Waals surface area contributed by atoms with Crippen LogP contribution in [0.3, 0.4) is 0 Å². The monoisotopic (exact) mass is 408 g/mol. The summed E-state index contributed by atoms with van der Waals surface area (Å²) in [6.45, 7) is 4.02. The molecule has 0 fully saturated rings. The summed E-state index contributed by atoms with van der Waals surface area (Å²) < 4.78 is 2.12. The van der Waals surface area contributed by atoms with E-state index in [9.17, 15) is 0 Å². The number of rotatable bonds is 4. The zero-order valence-corrected chi connectivity index (χ0v) is 17.8. The molecule has 5 aromatic rings. The van der Waals surface area contributed by atoms with Gasteiger partial charge in [0.1, 0.15) is 17.5 Å². The first-order valence-corrected chi connectivity index (χ1v) is 10.4. The lowest BCUT2D eigenvalue weighted by atomic mass is 10.1. The lowest BCUT2D eigenvalue weighted by molar-refractivity contribution is 0.834. The fraction of sp³-hybridized carbons (Fsp3) is 0.160. The average Bonchev–Trinajstić information content (AvgIpc) is 3.34. The van der Waals surface area contributed by atoms with E-state index in [1.165, 1.54) is 0 Å². The van der Waals surface area contributed by atoms with Gasteiger partial charge in [-0.15, -0.1) is 0 Å². The molecule has 0 unspecified atom stereocenters. The molecule has 0 amide bonds. The SMILES string of the molecule is CC(C)N=C(N)c1ccc2nc(-c3ccc(-c4nc5ccccc5n4C)cc3)[nH]c2c1. The van der Waals surface area contributed by atoms with Gasteiger partial charge in [-0.3, -0.25) is 4.99 Å². The second-order valence-electron chi connectivity index (χ2n) is 7.99. The zero-order valence-electron chi connectivity index (χ0n) is 17.8. The number of hydrogen-bond donors (Lipinski definition) is 2. The molecule has 3 N–H and O–H groups in total. The number of aromatic nitrogens is 4. The normalized spacial score (nSPS) is 12.3. The van der Waals surface area contributed by atoms with Crippen LogP contribution in [-0.4, -0.2) is 31.4 Å². The number of fused-ring (bicyclic) bond motifs is 2. The summed E-state index contributed by atoms with van der Waals surface area (Å²) in [5, 5.41) is 0. The van der Waals surface area contributed by atoms with Gasteiger partial charge in [-0.25, -0.2) is 9.97 Å². The number of nitrogens with one attached hydrogen (secondary N) is 1. The fourth-order valence-electron chi connectivity index (χ4n) is 3.84. The van der Waals surface area contributed by atoms with Crippen molar-refractivity contribution in [2.45, 2.75) is 19.9 Å². The minimum Gasteiger partial charge on any atom is -0.383 e. The topological polar surface area (TPSA) is 84.9 Å². The molecule has 31 heavy (non-hydrogen) atoms. The van der Waals surface area contributed by atoms with Crippen LogP contribution < -0.4 is 5.73 Å². The Morgan fingerprint density at radius 1 is 0.935 bits per heavy atom. The second kappa shape index (κ2) is 7.40. The van der Waals surface area contributed by atoms with Crippen molar-refractivity contribution in [2.24, 2.45) is 17.8 Å². The van der Waals surface area contributed by atoms with Crippen molar-refractivity contribution >= 4 is 27.9 Å². The summed E-state index contributed by atoms with van der Waals surface area (Å²) in [5.41, 5.74) is 13.1. The van der Waals surface area contributed by atoms with E-state index in [2.05, 4.69) is 44.9 Å². The maximum atomic E-state index is 6.12. The van der Waals surface area contributed by atoms with Crippen LogP contribution in [-0.2, 0) is 7.05 Å². The fourth-order valence-corrected chi connectivity index (χ4v) is 3.84. The van der Waals surface area contributed by atoms with Gasteiger partial charge in [-0.2, -0.15) is 0 Å². The molecule has 2 heterocycles. The van der Waals surface area contributed by atoms with Crippen LogP contribution >= 0.6 is 0 Å². The van der Waals surface area contributed by atoms with Crippen molar-refractivity contribution in [3.8, 4) is 22.8 Å². The molecule has 6 nitrogen and oxygen atoms in total. The molecule has 0 spiro atoms. The number of H-pyrrole nitrogens is 1. The van der Waals surface area contributed by atoms with Gasteiger partial charge in [0, 0.05) is 29.8 Å². The minimum absolute atomic E-state index is 0.155. The molecular formula is C25H24N6. The standard InChI is InChI=1S/C25H24N6/c1-15(2)27-23(26)18-12-13-19-21(14-18)29-24(28-19)16-8-10-17(11-9-16)25-30-20-6-4-5-7-22(20)31(25)3/h4-15H,1-3H3,(H2,26,27)(H,28,29). The lowest BCUT2D eigenvalue weighted by Crippen LogP contribution is -2.15. The third-order valence-electron chi connectivity index (χ3n) is 5.38. The van der Waals surface area contributed by atoms with Gasteiger partial charge < -0.3 is 15.3 Å².